The van der Waals surface area contributed by atoms with Crippen LogP contribution >= 0.6 is 0 Å². The van der Waals surface area contributed by atoms with Crippen LogP contribution in [-0.2, 0) is 6.42 Å². The molecule has 2 heteroatoms. The van der Waals surface area contributed by atoms with Gasteiger partial charge in [0.2, 0.25) is 0 Å². The maximum Gasteiger partial charge on any atom is 0.343 e. The first-order valence-corrected chi connectivity index (χ1v) is 6.57. The minimum Gasteiger partial charge on any atom is -0.423 e. The summed E-state index contributed by atoms with van der Waals surface area (Å²) < 4.78 is 5.32. The minimum absolute atomic E-state index is 0.313. The molecule has 19 heavy (non-hydrogen) atoms. The second-order valence-corrected chi connectivity index (χ2v) is 4.65. The van der Waals surface area contributed by atoms with E-state index in [4.69, 9.17) is 4.74 Å². The van der Waals surface area contributed by atoms with Crippen molar-refractivity contribution in [1.82, 2.24) is 0 Å². The van der Waals surface area contributed by atoms with Crippen molar-refractivity contribution >= 4 is 5.97 Å². The summed E-state index contributed by atoms with van der Waals surface area (Å²) >= 11 is 0. The predicted octanol–water partition coefficient (Wildman–Crippen LogP) is 4.17. The average molecular weight is 254 g/mol. The monoisotopic (exact) mass is 254 g/mol. The van der Waals surface area contributed by atoms with Crippen LogP contribution in [0.15, 0.2) is 48.5 Å². The molecule has 0 aliphatic carbocycles. The van der Waals surface area contributed by atoms with Crippen LogP contribution in [0.1, 0.15) is 34.8 Å². The van der Waals surface area contributed by atoms with Gasteiger partial charge in [0.25, 0.3) is 0 Å². The van der Waals surface area contributed by atoms with Gasteiger partial charge < -0.3 is 4.74 Å². The molecule has 0 spiro atoms. The molecule has 0 aromatic heterocycles. The van der Waals surface area contributed by atoms with Gasteiger partial charge in [0, 0.05) is 0 Å². The Morgan fingerprint density at radius 1 is 1.00 bits per heavy atom. The lowest BCUT2D eigenvalue weighted by Gasteiger charge is -2.05. The summed E-state index contributed by atoms with van der Waals surface area (Å²) in [6.07, 6.45) is 2.14. The van der Waals surface area contributed by atoms with Crippen molar-refractivity contribution < 1.29 is 9.53 Å². The summed E-state index contributed by atoms with van der Waals surface area (Å²) in [5.41, 5.74) is 2.97. The third-order valence-electron chi connectivity index (χ3n) is 2.96. The molecule has 0 atom stereocenters. The summed E-state index contributed by atoms with van der Waals surface area (Å²) in [5, 5.41) is 0. The minimum atomic E-state index is -0.313. The molecule has 0 amide bonds. The highest BCUT2D eigenvalue weighted by Gasteiger charge is 2.08. The lowest BCUT2D eigenvalue weighted by molar-refractivity contribution is 0.0734. The Balaban J connectivity index is 2.05. The Morgan fingerprint density at radius 3 is 2.21 bits per heavy atom. The van der Waals surface area contributed by atoms with E-state index in [-0.39, 0.29) is 5.97 Å². The Morgan fingerprint density at radius 2 is 1.63 bits per heavy atom. The van der Waals surface area contributed by atoms with Crippen molar-refractivity contribution in [3.05, 3.63) is 65.2 Å². The molecule has 0 N–H and O–H groups in total. The topological polar surface area (TPSA) is 26.3 Å². The molecule has 2 aromatic rings. The molecule has 0 heterocycles. The van der Waals surface area contributed by atoms with Crippen molar-refractivity contribution in [2.24, 2.45) is 0 Å². The number of hydrogen-bond acceptors (Lipinski definition) is 2. The van der Waals surface area contributed by atoms with Crippen LogP contribution < -0.4 is 4.74 Å². The van der Waals surface area contributed by atoms with Gasteiger partial charge >= 0.3 is 5.97 Å². The number of hydrogen-bond donors (Lipinski definition) is 0. The van der Waals surface area contributed by atoms with Crippen LogP contribution in [0.3, 0.4) is 0 Å². The second-order valence-electron chi connectivity index (χ2n) is 4.65. The van der Waals surface area contributed by atoms with Crippen molar-refractivity contribution in [3.8, 4) is 5.75 Å². The molecule has 0 aliphatic rings. The highest BCUT2D eigenvalue weighted by molar-refractivity contribution is 5.91. The van der Waals surface area contributed by atoms with Gasteiger partial charge in [-0.15, -0.1) is 0 Å². The van der Waals surface area contributed by atoms with E-state index in [1.807, 2.05) is 43.3 Å². The zero-order valence-electron chi connectivity index (χ0n) is 11.3. The molecule has 2 nitrogen and oxygen atoms in total. The number of carbonyl (C=O) groups is 1. The zero-order valence-corrected chi connectivity index (χ0v) is 11.3. The van der Waals surface area contributed by atoms with E-state index in [0.717, 1.165) is 18.4 Å². The van der Waals surface area contributed by atoms with E-state index < -0.39 is 0 Å². The molecule has 0 unspecified atom stereocenters. The highest BCUT2D eigenvalue weighted by atomic mass is 16.5. The first kappa shape index (κ1) is 13.3. The van der Waals surface area contributed by atoms with Gasteiger partial charge in [-0.1, -0.05) is 43.2 Å². The van der Waals surface area contributed by atoms with Gasteiger partial charge in [0.15, 0.2) is 0 Å². The first-order chi connectivity index (χ1) is 9.19. The molecule has 0 fully saturated rings. The van der Waals surface area contributed by atoms with Gasteiger partial charge in [-0.05, 0) is 43.2 Å². The predicted molar refractivity (Wildman–Crippen MR) is 76.6 cm³/mol. The lowest BCUT2D eigenvalue weighted by Crippen LogP contribution is -2.08. The van der Waals surface area contributed by atoms with Gasteiger partial charge in [-0.3, -0.25) is 0 Å². The molecule has 2 aromatic carbocycles. The van der Waals surface area contributed by atoms with Gasteiger partial charge in [0.1, 0.15) is 5.75 Å². The standard InChI is InChI=1S/C17H18O2/c1-3-4-14-7-9-15(10-8-14)17(18)19-16-11-5-13(2)6-12-16/h5-12H,3-4H2,1-2H3. The third kappa shape index (κ3) is 3.68. The van der Waals surface area contributed by atoms with Gasteiger partial charge in [-0.2, -0.15) is 0 Å². The van der Waals surface area contributed by atoms with Crippen LogP contribution in [0.4, 0.5) is 0 Å². The van der Waals surface area contributed by atoms with E-state index in [0.29, 0.717) is 11.3 Å². The zero-order chi connectivity index (χ0) is 13.7. The summed E-state index contributed by atoms with van der Waals surface area (Å²) in [5.74, 6) is 0.264. The Labute approximate surface area is 114 Å². The summed E-state index contributed by atoms with van der Waals surface area (Å²) in [6.45, 7) is 4.14. The Bertz CT molecular complexity index is 538. The van der Waals surface area contributed by atoms with Crippen molar-refractivity contribution in [2.75, 3.05) is 0 Å². The Kier molecular flexibility index (Phi) is 4.35. The van der Waals surface area contributed by atoms with E-state index in [1.54, 1.807) is 12.1 Å². The lowest BCUT2D eigenvalue weighted by atomic mass is 10.1. The second kappa shape index (κ2) is 6.19. The molecule has 0 radical (unpaired) electrons. The maximum atomic E-state index is 11.9. The summed E-state index contributed by atoms with van der Waals surface area (Å²) in [4.78, 5) is 11.9. The number of benzene rings is 2. The van der Waals surface area contributed by atoms with Crippen LogP contribution in [0.2, 0.25) is 0 Å². The first-order valence-electron chi connectivity index (χ1n) is 6.57. The summed E-state index contributed by atoms with van der Waals surface area (Å²) in [7, 11) is 0. The van der Waals surface area contributed by atoms with Crippen molar-refractivity contribution in [2.45, 2.75) is 26.7 Å². The van der Waals surface area contributed by atoms with E-state index in [9.17, 15) is 4.79 Å². The number of esters is 1. The quantitative estimate of drug-likeness (QED) is 0.604. The average Bonchev–Trinajstić information content (AvgIpc) is 2.42. The molecule has 0 bridgehead atoms. The van der Waals surface area contributed by atoms with E-state index in [2.05, 4.69) is 6.92 Å². The van der Waals surface area contributed by atoms with Gasteiger partial charge in [0.05, 0.1) is 5.56 Å². The fourth-order valence-corrected chi connectivity index (χ4v) is 1.87. The highest BCUT2D eigenvalue weighted by Crippen LogP contribution is 2.14. The number of aryl methyl sites for hydroxylation is 2. The molecular weight excluding hydrogens is 236 g/mol. The number of rotatable bonds is 4. The largest absolute Gasteiger partial charge is 0.423 e. The number of carbonyl (C=O) groups excluding carboxylic acids is 1. The third-order valence-corrected chi connectivity index (χ3v) is 2.96. The SMILES string of the molecule is CCCc1ccc(C(=O)Oc2ccc(C)cc2)cc1. The fraction of sp³-hybridized carbons (Fsp3) is 0.235. The molecule has 0 saturated carbocycles. The normalized spacial score (nSPS) is 10.2. The molecule has 98 valence electrons. The summed E-state index contributed by atoms with van der Waals surface area (Å²) in [6, 6.07) is 15.1. The molecule has 0 aliphatic heterocycles. The smallest absolute Gasteiger partial charge is 0.343 e. The van der Waals surface area contributed by atoms with Crippen LogP contribution in [0.5, 0.6) is 5.75 Å². The van der Waals surface area contributed by atoms with E-state index >= 15 is 0 Å². The van der Waals surface area contributed by atoms with Gasteiger partial charge in [-0.25, -0.2) is 4.79 Å². The Hall–Kier alpha value is -2.09. The molecule has 0 saturated heterocycles. The van der Waals surface area contributed by atoms with Crippen LogP contribution in [-0.4, -0.2) is 5.97 Å². The van der Waals surface area contributed by atoms with Crippen LogP contribution in [0, 0.1) is 6.92 Å². The maximum absolute atomic E-state index is 11.9. The van der Waals surface area contributed by atoms with Crippen molar-refractivity contribution in [1.29, 1.82) is 0 Å². The van der Waals surface area contributed by atoms with Crippen molar-refractivity contribution in [3.63, 3.8) is 0 Å². The number of ether oxygens (including phenoxy) is 1. The molecular formula is C17H18O2. The fourth-order valence-electron chi connectivity index (χ4n) is 1.87. The molecule has 2 rings (SSSR count). The van der Waals surface area contributed by atoms with Crippen LogP contribution in [0.25, 0.3) is 0 Å². The van der Waals surface area contributed by atoms with E-state index in [1.165, 1.54) is 5.56 Å².